The third-order valence-corrected chi connectivity index (χ3v) is 2.54. The molecule has 0 aliphatic heterocycles. The largest absolute Gasteiger partial charge is 0.393 e. The number of nitriles is 1. The Morgan fingerprint density at radius 1 is 1.38 bits per heavy atom. The summed E-state index contributed by atoms with van der Waals surface area (Å²) in [4.78, 5) is 0. The van der Waals surface area contributed by atoms with E-state index in [1.54, 1.807) is 0 Å². The van der Waals surface area contributed by atoms with Gasteiger partial charge in [-0.1, -0.05) is 6.07 Å². The molecule has 0 unspecified atom stereocenters. The zero-order chi connectivity index (χ0) is 9.26. The van der Waals surface area contributed by atoms with Gasteiger partial charge >= 0.3 is 0 Å². The summed E-state index contributed by atoms with van der Waals surface area (Å²) in [6.07, 6.45) is 2.26. The Balaban J connectivity index is 2.39. The molecular weight excluding hydrogens is 162 g/mol. The van der Waals surface area contributed by atoms with Crippen molar-refractivity contribution in [2.75, 3.05) is 0 Å². The predicted octanol–water partition coefficient (Wildman–Crippen LogP) is 1.41. The first-order valence-electron chi connectivity index (χ1n) is 4.49. The van der Waals surface area contributed by atoms with E-state index in [0.29, 0.717) is 12.0 Å². The van der Waals surface area contributed by atoms with E-state index in [-0.39, 0.29) is 6.10 Å². The fourth-order valence-electron chi connectivity index (χ4n) is 1.81. The zero-order valence-electron chi connectivity index (χ0n) is 7.33. The van der Waals surface area contributed by atoms with Gasteiger partial charge in [0.25, 0.3) is 0 Å². The fraction of sp³-hybridized carbons (Fsp3) is 0.364. The van der Waals surface area contributed by atoms with Crippen LogP contribution in [0.1, 0.15) is 23.1 Å². The first-order valence-corrected chi connectivity index (χ1v) is 4.49. The monoisotopic (exact) mass is 173 g/mol. The summed E-state index contributed by atoms with van der Waals surface area (Å²) in [5.41, 5.74) is 3.11. The first kappa shape index (κ1) is 8.28. The molecule has 0 spiro atoms. The Kier molecular flexibility index (Phi) is 2.03. The molecule has 0 saturated heterocycles. The molecule has 0 aromatic heterocycles. The molecule has 2 rings (SSSR count). The van der Waals surface area contributed by atoms with Gasteiger partial charge in [-0.25, -0.2) is 0 Å². The maximum Gasteiger partial charge on any atom is 0.0991 e. The molecule has 2 heteroatoms. The highest BCUT2D eigenvalue weighted by molar-refractivity contribution is 5.39. The van der Waals surface area contributed by atoms with Gasteiger partial charge in [-0.05, 0) is 42.5 Å². The Morgan fingerprint density at radius 3 is 3.00 bits per heavy atom. The molecule has 2 nitrogen and oxygen atoms in total. The van der Waals surface area contributed by atoms with E-state index >= 15 is 0 Å². The van der Waals surface area contributed by atoms with E-state index in [4.69, 9.17) is 5.26 Å². The lowest BCUT2D eigenvalue weighted by atomic mass is 9.89. The normalized spacial score (nSPS) is 20.5. The summed E-state index contributed by atoms with van der Waals surface area (Å²) in [5.74, 6) is 0. The molecule has 0 amide bonds. The minimum Gasteiger partial charge on any atom is -0.393 e. The molecule has 1 aromatic rings. The van der Waals surface area contributed by atoms with E-state index < -0.39 is 0 Å². The molecule has 1 aliphatic rings. The van der Waals surface area contributed by atoms with Gasteiger partial charge in [0.2, 0.25) is 0 Å². The molecule has 1 atom stereocenters. The van der Waals surface area contributed by atoms with Crippen molar-refractivity contribution in [3.8, 4) is 6.07 Å². The van der Waals surface area contributed by atoms with Crippen molar-refractivity contribution in [2.24, 2.45) is 0 Å². The van der Waals surface area contributed by atoms with E-state index in [9.17, 15) is 5.11 Å². The maximum absolute atomic E-state index is 9.44. The molecular formula is C11H11NO. The van der Waals surface area contributed by atoms with Crippen LogP contribution in [0.15, 0.2) is 18.2 Å². The number of aliphatic hydroxyl groups excluding tert-OH is 1. The van der Waals surface area contributed by atoms with Gasteiger partial charge in [0.1, 0.15) is 0 Å². The summed E-state index contributed by atoms with van der Waals surface area (Å²) in [5, 5.41) is 18.1. The number of aliphatic hydroxyl groups is 1. The van der Waals surface area contributed by atoms with Gasteiger partial charge in [-0.3, -0.25) is 0 Å². The van der Waals surface area contributed by atoms with Crippen LogP contribution < -0.4 is 0 Å². The molecule has 0 heterocycles. The summed E-state index contributed by atoms with van der Waals surface area (Å²) >= 11 is 0. The molecule has 1 aromatic carbocycles. The summed E-state index contributed by atoms with van der Waals surface area (Å²) < 4.78 is 0. The quantitative estimate of drug-likeness (QED) is 0.644. The van der Waals surface area contributed by atoms with Crippen molar-refractivity contribution in [3.05, 3.63) is 34.9 Å². The summed E-state index contributed by atoms with van der Waals surface area (Å²) in [6, 6.07) is 7.84. The number of benzene rings is 1. The average molecular weight is 173 g/mol. The topological polar surface area (TPSA) is 44.0 Å². The Hall–Kier alpha value is -1.33. The van der Waals surface area contributed by atoms with Crippen LogP contribution in [0.5, 0.6) is 0 Å². The maximum atomic E-state index is 9.44. The predicted molar refractivity (Wildman–Crippen MR) is 49.2 cm³/mol. The lowest BCUT2D eigenvalue weighted by Gasteiger charge is -2.20. The van der Waals surface area contributed by atoms with E-state index in [1.165, 1.54) is 5.56 Å². The molecule has 1 N–H and O–H groups in total. The van der Waals surface area contributed by atoms with Crippen LogP contribution in [0.4, 0.5) is 0 Å². The van der Waals surface area contributed by atoms with Crippen molar-refractivity contribution in [1.29, 1.82) is 5.26 Å². The SMILES string of the molecule is N#Cc1ccc2c(c1)C[C@H](O)CC2. The minimum atomic E-state index is -0.221. The van der Waals surface area contributed by atoms with E-state index in [2.05, 4.69) is 6.07 Å². The second-order valence-corrected chi connectivity index (χ2v) is 3.49. The molecule has 0 fully saturated rings. The molecule has 13 heavy (non-hydrogen) atoms. The van der Waals surface area contributed by atoms with Crippen LogP contribution in [0.2, 0.25) is 0 Å². The lowest BCUT2D eigenvalue weighted by molar-refractivity contribution is 0.158. The molecule has 0 radical (unpaired) electrons. The standard InChI is InChI=1S/C11H11NO/c12-7-8-1-2-9-3-4-11(13)6-10(9)5-8/h1-2,5,11,13H,3-4,6H2/t11-/m1/s1. The third-order valence-electron chi connectivity index (χ3n) is 2.54. The number of rotatable bonds is 0. The van der Waals surface area contributed by atoms with Crippen molar-refractivity contribution in [1.82, 2.24) is 0 Å². The van der Waals surface area contributed by atoms with Crippen LogP contribution in [-0.2, 0) is 12.8 Å². The van der Waals surface area contributed by atoms with Crippen LogP contribution in [0, 0.1) is 11.3 Å². The number of hydrogen-bond donors (Lipinski definition) is 1. The van der Waals surface area contributed by atoms with Gasteiger partial charge in [-0.15, -0.1) is 0 Å². The fourth-order valence-corrected chi connectivity index (χ4v) is 1.81. The smallest absolute Gasteiger partial charge is 0.0991 e. The van der Waals surface area contributed by atoms with Crippen molar-refractivity contribution < 1.29 is 5.11 Å². The van der Waals surface area contributed by atoms with Gasteiger partial charge in [0.15, 0.2) is 0 Å². The lowest BCUT2D eigenvalue weighted by Crippen LogP contribution is -2.18. The van der Waals surface area contributed by atoms with Crippen molar-refractivity contribution in [2.45, 2.75) is 25.4 Å². The minimum absolute atomic E-state index is 0.221. The van der Waals surface area contributed by atoms with E-state index in [1.807, 2.05) is 18.2 Å². The highest BCUT2D eigenvalue weighted by Crippen LogP contribution is 2.22. The highest BCUT2D eigenvalue weighted by atomic mass is 16.3. The van der Waals surface area contributed by atoms with Crippen LogP contribution in [0.3, 0.4) is 0 Å². The van der Waals surface area contributed by atoms with Crippen LogP contribution >= 0.6 is 0 Å². The second-order valence-electron chi connectivity index (χ2n) is 3.49. The Labute approximate surface area is 77.4 Å². The van der Waals surface area contributed by atoms with Gasteiger partial charge in [0, 0.05) is 0 Å². The van der Waals surface area contributed by atoms with Crippen molar-refractivity contribution >= 4 is 0 Å². The number of nitrogens with zero attached hydrogens (tertiary/aromatic N) is 1. The van der Waals surface area contributed by atoms with E-state index in [0.717, 1.165) is 18.4 Å². The number of fused-ring (bicyclic) bond motifs is 1. The molecule has 0 saturated carbocycles. The zero-order valence-corrected chi connectivity index (χ0v) is 7.33. The van der Waals surface area contributed by atoms with Gasteiger partial charge in [0.05, 0.1) is 17.7 Å². The van der Waals surface area contributed by atoms with Crippen molar-refractivity contribution in [3.63, 3.8) is 0 Å². The average Bonchev–Trinajstić information content (AvgIpc) is 2.16. The first-order chi connectivity index (χ1) is 6.29. The van der Waals surface area contributed by atoms with Crippen LogP contribution in [0.25, 0.3) is 0 Å². The van der Waals surface area contributed by atoms with Gasteiger partial charge in [-0.2, -0.15) is 5.26 Å². The summed E-state index contributed by atoms with van der Waals surface area (Å²) in [7, 11) is 0. The Morgan fingerprint density at radius 2 is 2.23 bits per heavy atom. The second kappa shape index (κ2) is 3.20. The number of aryl methyl sites for hydroxylation is 1. The molecule has 0 bridgehead atoms. The van der Waals surface area contributed by atoms with Gasteiger partial charge < -0.3 is 5.11 Å². The van der Waals surface area contributed by atoms with Crippen LogP contribution in [-0.4, -0.2) is 11.2 Å². The number of hydrogen-bond acceptors (Lipinski definition) is 2. The highest BCUT2D eigenvalue weighted by Gasteiger charge is 2.16. The summed E-state index contributed by atoms with van der Waals surface area (Å²) in [6.45, 7) is 0. The third kappa shape index (κ3) is 1.56. The Bertz CT molecular complexity index is 365. The molecule has 66 valence electrons. The molecule has 1 aliphatic carbocycles.